The Labute approximate surface area is 347 Å². The predicted molar refractivity (Wildman–Crippen MR) is 226 cm³/mol. The van der Waals surface area contributed by atoms with Gasteiger partial charge in [-0.05, 0) is 80.1 Å². The average molecular weight is 811 g/mol. The lowest BCUT2D eigenvalue weighted by Crippen LogP contribution is -2.49. The van der Waals surface area contributed by atoms with Gasteiger partial charge in [0.05, 0.1) is 35.9 Å². The van der Waals surface area contributed by atoms with E-state index in [1.807, 2.05) is 65.1 Å². The molecule has 0 saturated carbocycles. The number of piperidine rings is 1. The third-order valence-electron chi connectivity index (χ3n) is 12.0. The molecule has 7 heterocycles. The third-order valence-corrected chi connectivity index (χ3v) is 12.0. The Hall–Kier alpha value is -6.42. The maximum Gasteiger partial charge on any atom is 0.328 e. The molecular weight excluding hydrogens is 761 g/mol. The van der Waals surface area contributed by atoms with Gasteiger partial charge in [0, 0.05) is 79.0 Å². The van der Waals surface area contributed by atoms with Gasteiger partial charge in [0.1, 0.15) is 12.0 Å². The van der Waals surface area contributed by atoms with Crippen molar-refractivity contribution in [1.82, 2.24) is 50.4 Å². The number of nitrogens with one attached hydrogen (secondary N) is 3. The van der Waals surface area contributed by atoms with Crippen molar-refractivity contribution in [3.8, 4) is 22.5 Å². The molecule has 4 aromatic heterocycles. The molecule has 3 aliphatic heterocycles. The van der Waals surface area contributed by atoms with E-state index < -0.39 is 5.91 Å². The van der Waals surface area contributed by atoms with Crippen molar-refractivity contribution in [2.75, 3.05) is 42.5 Å². The second-order valence-electron chi connectivity index (χ2n) is 17.3. The van der Waals surface area contributed by atoms with E-state index in [1.54, 1.807) is 11.2 Å². The minimum atomic E-state index is -0.412. The molecule has 16 nitrogen and oxygen atoms in total. The molecule has 0 aliphatic carbocycles. The van der Waals surface area contributed by atoms with Crippen molar-refractivity contribution in [3.05, 3.63) is 89.6 Å². The molecule has 0 unspecified atom stereocenters. The molecule has 0 radical (unpaired) electrons. The number of fused-ring (bicyclic) bond motifs is 2. The van der Waals surface area contributed by atoms with Crippen LogP contribution in [0.3, 0.4) is 0 Å². The number of nitrogens with zero attached hydrogens (tertiary/aromatic N) is 9. The number of carbonyl (C=O) groups excluding carboxylic acids is 3. The van der Waals surface area contributed by atoms with Crippen molar-refractivity contribution >= 4 is 40.3 Å². The molecule has 2 aromatic carbocycles. The highest BCUT2D eigenvalue weighted by Crippen LogP contribution is 2.35. The van der Waals surface area contributed by atoms with E-state index in [0.717, 1.165) is 108 Å². The molecule has 2 fully saturated rings. The fourth-order valence-corrected chi connectivity index (χ4v) is 8.65. The zero-order chi connectivity index (χ0) is 41.7. The van der Waals surface area contributed by atoms with E-state index in [9.17, 15) is 14.4 Å². The number of aromatic amines is 1. The molecule has 0 bridgehead atoms. The lowest BCUT2D eigenvalue weighted by Gasteiger charge is -2.37. The first-order valence-electron chi connectivity index (χ1n) is 20.7. The van der Waals surface area contributed by atoms with Crippen LogP contribution in [0.4, 0.5) is 16.2 Å². The number of carbonyl (C=O) groups is 3. The fraction of sp³-hybridized carbons (Fsp3) is 0.409. The lowest BCUT2D eigenvalue weighted by atomic mass is 9.95. The van der Waals surface area contributed by atoms with Crippen LogP contribution in [0, 0.1) is 12.8 Å². The number of aromatic nitrogens is 7. The number of aryl methyl sites for hydroxylation is 1. The first kappa shape index (κ1) is 39.1. The van der Waals surface area contributed by atoms with Crippen LogP contribution in [0.15, 0.2) is 65.6 Å². The normalized spacial score (nSPS) is 17.2. The summed E-state index contributed by atoms with van der Waals surface area (Å²) in [5.74, 6) is 0.393. The van der Waals surface area contributed by atoms with Gasteiger partial charge in [-0.25, -0.2) is 14.8 Å². The molecule has 2 saturated heterocycles. The zero-order valence-electron chi connectivity index (χ0n) is 34.7. The summed E-state index contributed by atoms with van der Waals surface area (Å²) >= 11 is 0. The summed E-state index contributed by atoms with van der Waals surface area (Å²) in [6, 6.07) is 15.7. The van der Waals surface area contributed by atoms with Gasteiger partial charge >= 0.3 is 17.8 Å². The second kappa shape index (κ2) is 15.6. The van der Waals surface area contributed by atoms with Gasteiger partial charge in [-0.1, -0.05) is 38.1 Å². The number of imide groups is 1. The van der Waals surface area contributed by atoms with Gasteiger partial charge < -0.3 is 19.7 Å². The molecule has 60 heavy (non-hydrogen) atoms. The largest absolute Gasteiger partial charge is 0.372 e. The SMILES string of the molecule is Cc1cc(-c2ncnc3[nH]c(-c4cnn5c4CN(CC4CCN(c6ccc(N7CCC(=O)NC7=O)cc6)CC4)CC5)cc23)ccc1[C@@H](C)NC(=O)c1nc(C(C)(C)C)no1. The number of amides is 4. The Morgan fingerprint density at radius 3 is 2.50 bits per heavy atom. The predicted octanol–water partition coefficient (Wildman–Crippen LogP) is 6.15. The zero-order valence-corrected chi connectivity index (χ0v) is 34.7. The van der Waals surface area contributed by atoms with Gasteiger partial charge in [0.2, 0.25) is 5.91 Å². The summed E-state index contributed by atoms with van der Waals surface area (Å²) in [4.78, 5) is 60.6. The Bertz CT molecular complexity index is 2580. The van der Waals surface area contributed by atoms with Crippen LogP contribution in [0.1, 0.15) is 86.3 Å². The van der Waals surface area contributed by atoms with Crippen molar-refractivity contribution < 1.29 is 18.9 Å². The molecule has 16 heteroatoms. The number of anilines is 2. The van der Waals surface area contributed by atoms with Crippen LogP contribution in [0.2, 0.25) is 0 Å². The van der Waals surface area contributed by atoms with Gasteiger partial charge in [0.25, 0.3) is 0 Å². The summed E-state index contributed by atoms with van der Waals surface area (Å²) in [5.41, 5.74) is 9.38. The van der Waals surface area contributed by atoms with Crippen LogP contribution >= 0.6 is 0 Å². The highest BCUT2D eigenvalue weighted by atomic mass is 16.5. The molecular formula is C44H50N12O4. The van der Waals surface area contributed by atoms with Crippen molar-refractivity contribution in [2.45, 2.75) is 78.4 Å². The van der Waals surface area contributed by atoms with Gasteiger partial charge in [-0.15, -0.1) is 0 Å². The van der Waals surface area contributed by atoms with Crippen LogP contribution < -0.4 is 20.4 Å². The van der Waals surface area contributed by atoms with E-state index in [-0.39, 0.29) is 29.3 Å². The third kappa shape index (κ3) is 7.74. The summed E-state index contributed by atoms with van der Waals surface area (Å²) < 4.78 is 7.39. The Morgan fingerprint density at radius 2 is 1.77 bits per heavy atom. The molecule has 3 aliphatic rings. The number of rotatable bonds is 9. The highest BCUT2D eigenvalue weighted by Gasteiger charge is 2.29. The molecule has 310 valence electrons. The Morgan fingerprint density at radius 1 is 0.983 bits per heavy atom. The summed E-state index contributed by atoms with van der Waals surface area (Å²) in [6.07, 6.45) is 6.08. The number of benzene rings is 2. The minimum Gasteiger partial charge on any atom is -0.372 e. The van der Waals surface area contributed by atoms with Crippen molar-refractivity contribution in [1.29, 1.82) is 0 Å². The lowest BCUT2D eigenvalue weighted by molar-refractivity contribution is -0.120. The van der Waals surface area contributed by atoms with Crippen LogP contribution in [0.25, 0.3) is 33.5 Å². The summed E-state index contributed by atoms with van der Waals surface area (Å²) in [5, 5.41) is 15.1. The molecule has 6 aromatic rings. The van der Waals surface area contributed by atoms with Crippen LogP contribution in [-0.4, -0.2) is 90.3 Å². The van der Waals surface area contributed by atoms with E-state index in [1.165, 1.54) is 5.69 Å². The molecule has 3 N–H and O–H groups in total. The molecule has 4 amide bonds. The standard InChI is InChI=1S/C44H50N12O4/c1-26-20-29(6-11-32(26)27(2)48-40(58)41-51-42(52-60-41)44(3,4)5)38-33-21-35(49-39(33)46-25-45-38)34-22-47-56-19-18-53(24-36(34)56)23-28-12-15-54(16-13-28)30-7-9-31(10-8-30)55-17-14-37(57)50-43(55)59/h6-11,20-22,25,27-28H,12-19,23-24H2,1-5H3,(H,48,58)(H,45,46,49)(H,50,57,59)/t27-/m1/s1. The monoisotopic (exact) mass is 810 g/mol. The van der Waals surface area contributed by atoms with Crippen molar-refractivity contribution in [3.63, 3.8) is 0 Å². The fourth-order valence-electron chi connectivity index (χ4n) is 8.65. The van der Waals surface area contributed by atoms with E-state index in [4.69, 9.17) is 14.6 Å². The highest BCUT2D eigenvalue weighted by molar-refractivity contribution is 6.05. The maximum atomic E-state index is 13.0. The molecule has 0 spiro atoms. The molecule has 1 atom stereocenters. The number of hydrogen-bond donors (Lipinski definition) is 3. The van der Waals surface area contributed by atoms with Crippen molar-refractivity contribution in [2.24, 2.45) is 5.92 Å². The smallest absolute Gasteiger partial charge is 0.328 e. The van der Waals surface area contributed by atoms with E-state index in [2.05, 4.69) is 69.5 Å². The first-order valence-corrected chi connectivity index (χ1v) is 20.7. The van der Waals surface area contributed by atoms with Gasteiger partial charge in [-0.3, -0.25) is 29.4 Å². The Balaban J connectivity index is 0.839. The Kier molecular flexibility index (Phi) is 10.2. The summed E-state index contributed by atoms with van der Waals surface area (Å²) in [6.45, 7) is 15.9. The van der Waals surface area contributed by atoms with E-state index >= 15 is 0 Å². The number of H-pyrrole nitrogens is 1. The topological polar surface area (TPSA) is 183 Å². The van der Waals surface area contributed by atoms with Gasteiger partial charge in [0.15, 0.2) is 5.82 Å². The first-order chi connectivity index (χ1) is 28.9. The summed E-state index contributed by atoms with van der Waals surface area (Å²) in [7, 11) is 0. The number of hydrogen-bond acceptors (Lipinski definition) is 11. The average Bonchev–Trinajstić information content (AvgIpc) is 4.00. The molecule has 9 rings (SSSR count). The van der Waals surface area contributed by atoms with Gasteiger partial charge in [-0.2, -0.15) is 10.1 Å². The minimum absolute atomic E-state index is 0.0504. The van der Waals surface area contributed by atoms with Crippen LogP contribution in [0.5, 0.6) is 0 Å². The number of urea groups is 1. The second-order valence-corrected chi connectivity index (χ2v) is 17.3. The van der Waals surface area contributed by atoms with Crippen LogP contribution in [-0.2, 0) is 23.3 Å². The van der Waals surface area contributed by atoms with E-state index in [0.29, 0.717) is 24.7 Å². The maximum absolute atomic E-state index is 13.0. The quantitative estimate of drug-likeness (QED) is 0.152.